The zero-order valence-corrected chi connectivity index (χ0v) is 22.9. The maximum Gasteiger partial charge on any atom is 0.364 e. The summed E-state index contributed by atoms with van der Waals surface area (Å²) in [6, 6.07) is 10.5. The molecule has 1 atom stereocenters. The van der Waals surface area contributed by atoms with Crippen LogP contribution < -0.4 is 12.4 Å². The highest BCUT2D eigenvalue weighted by Crippen LogP contribution is 2.21. The van der Waals surface area contributed by atoms with Gasteiger partial charge in [0.25, 0.3) is 0 Å². The number of benzene rings is 1. The van der Waals surface area contributed by atoms with Crippen molar-refractivity contribution in [3.63, 3.8) is 0 Å². The third-order valence-electron chi connectivity index (χ3n) is 6.62. The molecule has 0 fully saturated rings. The number of hydrogen-bond donors (Lipinski definition) is 0. The summed E-state index contributed by atoms with van der Waals surface area (Å²) in [5.74, 6) is 0.00225. The fourth-order valence-electron chi connectivity index (χ4n) is 4.54. The number of halogens is 1. The van der Waals surface area contributed by atoms with Crippen LogP contribution in [0.25, 0.3) is 0 Å². The quantitative estimate of drug-likeness (QED) is 0.148. The van der Waals surface area contributed by atoms with Gasteiger partial charge in [-0.05, 0) is 12.8 Å². The number of carbonyl (C=O) groups excluding carboxylic acids is 1. The van der Waals surface area contributed by atoms with Gasteiger partial charge in [0.05, 0.1) is 20.7 Å². The van der Waals surface area contributed by atoms with Crippen LogP contribution in [-0.4, -0.2) is 37.2 Å². The molecule has 192 valence electrons. The predicted octanol–water partition coefficient (Wildman–Crippen LogP) is 5.07. The van der Waals surface area contributed by atoms with E-state index < -0.39 is 0 Å². The number of esters is 1. The van der Waals surface area contributed by atoms with E-state index in [9.17, 15) is 4.79 Å². The lowest BCUT2D eigenvalue weighted by molar-refractivity contribution is -0.920. The summed E-state index contributed by atoms with van der Waals surface area (Å²) in [7, 11) is 4.38. The summed E-state index contributed by atoms with van der Waals surface area (Å²) in [5.41, 5.74) is 1.28. The molecule has 0 heterocycles. The molecular formula is C29H52ClNO2. The average Bonchev–Trinajstić information content (AvgIpc) is 2.77. The Morgan fingerprint density at radius 2 is 1.24 bits per heavy atom. The second kappa shape index (κ2) is 20.3. The number of quaternary nitrogens is 1. The fourth-order valence-corrected chi connectivity index (χ4v) is 4.54. The first-order valence-electron chi connectivity index (χ1n) is 13.5. The highest BCUT2D eigenvalue weighted by Gasteiger charge is 2.35. The van der Waals surface area contributed by atoms with Gasteiger partial charge in [-0.3, -0.25) is 0 Å². The molecule has 1 unspecified atom stereocenters. The average molecular weight is 482 g/mol. The Morgan fingerprint density at radius 1 is 0.758 bits per heavy atom. The van der Waals surface area contributed by atoms with E-state index in [2.05, 4.69) is 58.3 Å². The largest absolute Gasteiger partial charge is 1.00 e. The van der Waals surface area contributed by atoms with Crippen LogP contribution in [0.1, 0.15) is 116 Å². The minimum atomic E-state index is -0.0876. The minimum Gasteiger partial charge on any atom is -1.00 e. The van der Waals surface area contributed by atoms with E-state index >= 15 is 0 Å². The van der Waals surface area contributed by atoms with Gasteiger partial charge in [-0.15, -0.1) is 0 Å². The molecule has 0 aliphatic rings. The molecule has 0 spiro atoms. The summed E-state index contributed by atoms with van der Waals surface area (Å²) in [4.78, 5) is 13.1. The summed E-state index contributed by atoms with van der Waals surface area (Å²) in [6.07, 6.45) is 18.5. The topological polar surface area (TPSA) is 26.3 Å². The van der Waals surface area contributed by atoms with Gasteiger partial charge in [-0.1, -0.05) is 121 Å². The molecule has 0 aliphatic heterocycles. The maximum absolute atomic E-state index is 13.1. The third kappa shape index (κ3) is 15.5. The van der Waals surface area contributed by atoms with E-state index in [-0.39, 0.29) is 24.4 Å². The van der Waals surface area contributed by atoms with Crippen molar-refractivity contribution in [1.29, 1.82) is 0 Å². The van der Waals surface area contributed by atoms with Gasteiger partial charge in [-0.25, -0.2) is 4.79 Å². The molecule has 0 saturated carbocycles. The number of carbonyl (C=O) groups is 1. The van der Waals surface area contributed by atoms with Crippen molar-refractivity contribution in [2.45, 2.75) is 123 Å². The van der Waals surface area contributed by atoms with Crippen LogP contribution in [0, 0.1) is 0 Å². The molecule has 0 amide bonds. The van der Waals surface area contributed by atoms with Crippen molar-refractivity contribution in [2.24, 2.45) is 0 Å². The van der Waals surface area contributed by atoms with Crippen molar-refractivity contribution in [3.8, 4) is 0 Å². The lowest BCUT2D eigenvalue weighted by Crippen LogP contribution is -3.00. The van der Waals surface area contributed by atoms with Crippen LogP contribution in [0.4, 0.5) is 0 Å². The Bertz CT molecular complexity index is 576. The Labute approximate surface area is 211 Å². The fraction of sp³-hybridized carbons (Fsp3) is 0.759. The molecule has 33 heavy (non-hydrogen) atoms. The SMILES string of the molecule is CCCCCCCCCCC(C(=O)OCCCCCCCC)[N+](C)(C)Cc1ccccc1.[Cl-]. The van der Waals surface area contributed by atoms with E-state index in [0.29, 0.717) is 11.1 Å². The molecule has 1 aromatic rings. The lowest BCUT2D eigenvalue weighted by atomic mass is 10.0. The van der Waals surface area contributed by atoms with Crippen molar-refractivity contribution in [1.82, 2.24) is 0 Å². The van der Waals surface area contributed by atoms with Crippen LogP contribution >= 0.6 is 0 Å². The molecule has 0 radical (unpaired) electrons. The van der Waals surface area contributed by atoms with Crippen molar-refractivity contribution in [2.75, 3.05) is 20.7 Å². The summed E-state index contributed by atoms with van der Waals surface area (Å²) < 4.78 is 6.47. The van der Waals surface area contributed by atoms with Crippen LogP contribution in [0.3, 0.4) is 0 Å². The van der Waals surface area contributed by atoms with Crippen LogP contribution in [-0.2, 0) is 16.1 Å². The van der Waals surface area contributed by atoms with Crippen LogP contribution in [0.5, 0.6) is 0 Å². The Kier molecular flexibility index (Phi) is 19.7. The molecule has 3 nitrogen and oxygen atoms in total. The first-order valence-corrected chi connectivity index (χ1v) is 13.5. The van der Waals surface area contributed by atoms with Gasteiger partial charge in [0.2, 0.25) is 0 Å². The monoisotopic (exact) mass is 481 g/mol. The number of unbranched alkanes of at least 4 members (excludes halogenated alkanes) is 12. The van der Waals surface area contributed by atoms with Gasteiger partial charge >= 0.3 is 5.97 Å². The zero-order chi connectivity index (χ0) is 23.5. The van der Waals surface area contributed by atoms with Gasteiger partial charge in [-0.2, -0.15) is 0 Å². The van der Waals surface area contributed by atoms with Gasteiger partial charge < -0.3 is 21.6 Å². The zero-order valence-electron chi connectivity index (χ0n) is 22.1. The van der Waals surface area contributed by atoms with E-state index in [1.807, 2.05) is 0 Å². The molecule has 0 saturated heterocycles. The number of likely N-dealkylation sites (N-methyl/N-ethyl adjacent to an activating group) is 1. The Balaban J connectivity index is 0.0000102. The second-order valence-corrected chi connectivity index (χ2v) is 10.1. The number of rotatable bonds is 20. The number of ether oxygens (including phenoxy) is 1. The van der Waals surface area contributed by atoms with E-state index in [4.69, 9.17) is 4.74 Å². The highest BCUT2D eigenvalue weighted by atomic mass is 35.5. The second-order valence-electron chi connectivity index (χ2n) is 10.1. The third-order valence-corrected chi connectivity index (χ3v) is 6.62. The van der Waals surface area contributed by atoms with Gasteiger partial charge in [0, 0.05) is 12.0 Å². The van der Waals surface area contributed by atoms with E-state index in [1.165, 1.54) is 76.2 Å². The first kappa shape index (κ1) is 31.9. The summed E-state index contributed by atoms with van der Waals surface area (Å²) in [6.45, 7) is 5.93. The molecule has 1 aromatic carbocycles. The molecule has 0 aromatic heterocycles. The van der Waals surface area contributed by atoms with Crippen LogP contribution in [0.15, 0.2) is 30.3 Å². The van der Waals surface area contributed by atoms with Crippen molar-refractivity contribution in [3.05, 3.63) is 35.9 Å². The van der Waals surface area contributed by atoms with Crippen molar-refractivity contribution < 1.29 is 26.4 Å². The Morgan fingerprint density at radius 3 is 1.79 bits per heavy atom. The number of hydrogen-bond acceptors (Lipinski definition) is 2. The van der Waals surface area contributed by atoms with Crippen LogP contribution in [0.2, 0.25) is 0 Å². The lowest BCUT2D eigenvalue weighted by Gasteiger charge is -2.36. The molecule has 1 rings (SSSR count). The first-order chi connectivity index (χ1) is 15.5. The normalized spacial score (nSPS) is 12.2. The Hall–Kier alpha value is -1.06. The minimum absolute atomic E-state index is 0. The number of nitrogens with zero attached hydrogens (tertiary/aromatic N) is 1. The molecule has 0 bridgehead atoms. The maximum atomic E-state index is 13.1. The van der Waals surface area contributed by atoms with Gasteiger partial charge in [0.15, 0.2) is 6.04 Å². The molecule has 0 N–H and O–H groups in total. The molecule has 0 aliphatic carbocycles. The van der Waals surface area contributed by atoms with E-state index in [0.717, 1.165) is 32.2 Å². The van der Waals surface area contributed by atoms with E-state index in [1.54, 1.807) is 0 Å². The molecule has 4 heteroatoms. The summed E-state index contributed by atoms with van der Waals surface area (Å²) in [5, 5.41) is 0. The standard InChI is InChI=1S/C29H52NO2.ClH/c1-5-7-9-11-13-14-15-20-24-28(29(31)32-25-21-16-12-10-8-6-2)30(3,4)26-27-22-18-17-19-23-27;/h17-19,22-23,28H,5-16,20-21,24-26H2,1-4H3;1H/q+1;/p-1. The smallest absolute Gasteiger partial charge is 0.364 e. The summed E-state index contributed by atoms with van der Waals surface area (Å²) >= 11 is 0. The van der Waals surface area contributed by atoms with Crippen molar-refractivity contribution >= 4 is 5.97 Å². The molecular weight excluding hydrogens is 430 g/mol. The van der Waals surface area contributed by atoms with Gasteiger partial charge in [0.1, 0.15) is 6.54 Å². The highest BCUT2D eigenvalue weighted by molar-refractivity contribution is 5.74. The predicted molar refractivity (Wildman–Crippen MR) is 138 cm³/mol.